The van der Waals surface area contributed by atoms with Gasteiger partial charge in [-0.05, 0) is 19.1 Å². The normalized spacial score (nSPS) is 17.2. The molecule has 6 nitrogen and oxygen atoms in total. The third kappa shape index (κ3) is 1.88. The Labute approximate surface area is 116 Å². The summed E-state index contributed by atoms with van der Waals surface area (Å²) in [5.74, 6) is -0.00345. The number of aliphatic hydroxyl groups excluding tert-OH is 2. The van der Waals surface area contributed by atoms with Crippen LogP contribution in [0.3, 0.4) is 0 Å². The highest BCUT2D eigenvalue weighted by Gasteiger charge is 2.42. The van der Waals surface area contributed by atoms with Gasteiger partial charge in [0.1, 0.15) is 0 Å². The molecule has 20 heavy (non-hydrogen) atoms. The van der Waals surface area contributed by atoms with Crippen molar-refractivity contribution in [3.05, 3.63) is 30.1 Å². The van der Waals surface area contributed by atoms with Gasteiger partial charge in [0.15, 0.2) is 5.78 Å². The van der Waals surface area contributed by atoms with Crippen LogP contribution in [0, 0.1) is 5.41 Å². The molecule has 0 saturated carbocycles. The van der Waals surface area contributed by atoms with Crippen molar-refractivity contribution in [2.75, 3.05) is 31.2 Å². The van der Waals surface area contributed by atoms with Crippen LogP contribution in [-0.2, 0) is 0 Å². The molecule has 2 aromatic rings. The van der Waals surface area contributed by atoms with E-state index >= 15 is 0 Å². The number of Topliss-reactive ketones (excluding diaryl/α,β-unsaturated/α-hetero) is 1. The highest BCUT2D eigenvalue weighted by atomic mass is 16.3. The van der Waals surface area contributed by atoms with Gasteiger partial charge in [-0.25, -0.2) is 4.52 Å². The minimum Gasteiger partial charge on any atom is -0.396 e. The van der Waals surface area contributed by atoms with E-state index in [2.05, 4.69) is 10.00 Å². The summed E-state index contributed by atoms with van der Waals surface area (Å²) in [6.07, 6.45) is 3.43. The van der Waals surface area contributed by atoms with Gasteiger partial charge in [-0.2, -0.15) is 5.10 Å². The fraction of sp³-hybridized carbons (Fsp3) is 0.429. The maximum Gasteiger partial charge on any atom is 0.163 e. The number of aliphatic hydroxyl groups is 2. The molecule has 2 N–H and O–H groups in total. The van der Waals surface area contributed by atoms with Gasteiger partial charge in [0.2, 0.25) is 0 Å². The average molecular weight is 275 g/mol. The van der Waals surface area contributed by atoms with E-state index in [-0.39, 0.29) is 19.0 Å². The highest BCUT2D eigenvalue weighted by Crippen LogP contribution is 2.33. The van der Waals surface area contributed by atoms with E-state index in [4.69, 9.17) is 0 Å². The number of anilines is 1. The van der Waals surface area contributed by atoms with Crippen molar-refractivity contribution in [2.24, 2.45) is 5.41 Å². The van der Waals surface area contributed by atoms with Crippen molar-refractivity contribution in [3.63, 3.8) is 0 Å². The molecule has 0 bridgehead atoms. The monoisotopic (exact) mass is 275 g/mol. The second-order valence-electron chi connectivity index (χ2n) is 5.50. The average Bonchev–Trinajstić information content (AvgIpc) is 2.82. The number of nitrogens with zero attached hydrogens (tertiary/aromatic N) is 3. The molecule has 0 unspecified atom stereocenters. The van der Waals surface area contributed by atoms with Crippen LogP contribution in [0.1, 0.15) is 17.3 Å². The van der Waals surface area contributed by atoms with Crippen LogP contribution >= 0.6 is 0 Å². The second kappa shape index (κ2) is 4.57. The number of fused-ring (bicyclic) bond motifs is 1. The van der Waals surface area contributed by atoms with Crippen LogP contribution in [0.2, 0.25) is 0 Å². The largest absolute Gasteiger partial charge is 0.396 e. The summed E-state index contributed by atoms with van der Waals surface area (Å²) in [7, 11) is 0. The number of carbonyl (C=O) groups excluding carboxylic acids is 1. The smallest absolute Gasteiger partial charge is 0.163 e. The zero-order valence-electron chi connectivity index (χ0n) is 11.3. The Kier molecular flexibility index (Phi) is 2.99. The Bertz CT molecular complexity index is 653. The van der Waals surface area contributed by atoms with Gasteiger partial charge in [0, 0.05) is 13.1 Å². The van der Waals surface area contributed by atoms with Crippen molar-refractivity contribution in [3.8, 4) is 0 Å². The molecule has 0 aliphatic carbocycles. The van der Waals surface area contributed by atoms with Crippen molar-refractivity contribution in [1.82, 2.24) is 9.61 Å². The molecular weight excluding hydrogens is 258 g/mol. The lowest BCUT2D eigenvalue weighted by Crippen LogP contribution is -2.60. The van der Waals surface area contributed by atoms with Gasteiger partial charge in [0.05, 0.1) is 47.8 Å². The molecule has 0 aromatic carbocycles. The molecule has 3 rings (SSSR count). The molecule has 106 valence electrons. The van der Waals surface area contributed by atoms with Crippen LogP contribution in [0.15, 0.2) is 24.5 Å². The first-order chi connectivity index (χ1) is 9.58. The second-order valence-corrected chi connectivity index (χ2v) is 5.50. The number of carbonyl (C=O) groups is 1. The molecule has 0 spiro atoms. The Balaban J connectivity index is 1.87. The maximum absolute atomic E-state index is 11.5. The van der Waals surface area contributed by atoms with E-state index < -0.39 is 5.41 Å². The Morgan fingerprint density at radius 2 is 2.05 bits per heavy atom. The van der Waals surface area contributed by atoms with Crippen LogP contribution in [-0.4, -0.2) is 51.9 Å². The van der Waals surface area contributed by atoms with Gasteiger partial charge >= 0.3 is 0 Å². The van der Waals surface area contributed by atoms with Gasteiger partial charge < -0.3 is 15.1 Å². The SMILES string of the molecule is CC(=O)c1cnn2cc(N3CC(CO)(CO)C3)ccc12. The molecule has 0 amide bonds. The maximum atomic E-state index is 11.5. The third-order valence-corrected chi connectivity index (χ3v) is 3.97. The summed E-state index contributed by atoms with van der Waals surface area (Å²) in [4.78, 5) is 13.5. The molecule has 6 heteroatoms. The fourth-order valence-electron chi connectivity index (χ4n) is 2.63. The molecular formula is C14H17N3O3. The van der Waals surface area contributed by atoms with E-state index in [1.54, 1.807) is 10.7 Å². The molecule has 0 atom stereocenters. The summed E-state index contributed by atoms with van der Waals surface area (Å²) in [5.41, 5.74) is 1.97. The molecule has 1 aliphatic rings. The lowest BCUT2D eigenvalue weighted by molar-refractivity contribution is 0.0306. The van der Waals surface area contributed by atoms with Crippen LogP contribution in [0.4, 0.5) is 5.69 Å². The van der Waals surface area contributed by atoms with E-state index in [0.29, 0.717) is 18.7 Å². The Morgan fingerprint density at radius 1 is 1.35 bits per heavy atom. The first kappa shape index (κ1) is 13.1. The molecule has 2 aromatic heterocycles. The van der Waals surface area contributed by atoms with E-state index in [1.165, 1.54) is 6.92 Å². The topological polar surface area (TPSA) is 78.1 Å². The number of pyridine rings is 1. The first-order valence-electron chi connectivity index (χ1n) is 6.53. The van der Waals surface area contributed by atoms with E-state index in [1.807, 2.05) is 18.3 Å². The predicted molar refractivity (Wildman–Crippen MR) is 74.0 cm³/mol. The number of rotatable bonds is 4. The van der Waals surface area contributed by atoms with Crippen LogP contribution in [0.5, 0.6) is 0 Å². The molecule has 1 aliphatic heterocycles. The van der Waals surface area contributed by atoms with Crippen molar-refractivity contribution in [2.45, 2.75) is 6.92 Å². The van der Waals surface area contributed by atoms with Crippen LogP contribution in [0.25, 0.3) is 5.52 Å². The van der Waals surface area contributed by atoms with E-state index in [0.717, 1.165) is 11.2 Å². The Hall–Kier alpha value is -1.92. The standard InChI is InChI=1S/C14H17N3O3/c1-10(20)12-4-15-17-5-11(2-3-13(12)17)16-6-14(7-16,8-18)9-19/h2-5,18-19H,6-9H2,1H3. The quantitative estimate of drug-likeness (QED) is 0.786. The predicted octanol–water partition coefficient (Wildman–Crippen LogP) is 0.328. The molecule has 0 radical (unpaired) electrons. The van der Waals surface area contributed by atoms with Crippen LogP contribution < -0.4 is 4.90 Å². The first-order valence-corrected chi connectivity index (χ1v) is 6.53. The van der Waals surface area contributed by atoms with Gasteiger partial charge in [-0.1, -0.05) is 0 Å². The molecule has 3 heterocycles. The zero-order chi connectivity index (χ0) is 14.3. The minimum atomic E-state index is -0.399. The van der Waals surface area contributed by atoms with Crippen molar-refractivity contribution < 1.29 is 15.0 Å². The number of hydrogen-bond donors (Lipinski definition) is 2. The van der Waals surface area contributed by atoms with Crippen molar-refractivity contribution >= 4 is 17.0 Å². The Morgan fingerprint density at radius 3 is 2.65 bits per heavy atom. The summed E-state index contributed by atoms with van der Waals surface area (Å²) in [5, 5.41) is 22.8. The van der Waals surface area contributed by atoms with Gasteiger partial charge in [-0.15, -0.1) is 0 Å². The minimum absolute atomic E-state index is 0.00345. The summed E-state index contributed by atoms with van der Waals surface area (Å²) < 4.78 is 1.68. The number of aromatic nitrogens is 2. The van der Waals surface area contributed by atoms with E-state index in [9.17, 15) is 15.0 Å². The van der Waals surface area contributed by atoms with Gasteiger partial charge in [-0.3, -0.25) is 4.79 Å². The fourth-order valence-corrected chi connectivity index (χ4v) is 2.63. The lowest BCUT2D eigenvalue weighted by Gasteiger charge is -2.49. The molecule has 1 saturated heterocycles. The zero-order valence-corrected chi connectivity index (χ0v) is 11.3. The summed E-state index contributed by atoms with van der Waals surface area (Å²) in [6, 6.07) is 3.80. The molecule has 1 fully saturated rings. The van der Waals surface area contributed by atoms with Crippen molar-refractivity contribution in [1.29, 1.82) is 0 Å². The summed E-state index contributed by atoms with van der Waals surface area (Å²) in [6.45, 7) is 2.73. The number of hydrogen-bond acceptors (Lipinski definition) is 5. The highest BCUT2D eigenvalue weighted by molar-refractivity contribution is 6.00. The van der Waals surface area contributed by atoms with Gasteiger partial charge in [0.25, 0.3) is 0 Å². The lowest BCUT2D eigenvalue weighted by atomic mass is 9.81. The summed E-state index contributed by atoms with van der Waals surface area (Å²) >= 11 is 0. The third-order valence-electron chi connectivity index (χ3n) is 3.97. The number of ketones is 1.